The Hall–Kier alpha value is -0.580. The van der Waals surface area contributed by atoms with Gasteiger partial charge in [0.25, 0.3) is 0 Å². The van der Waals surface area contributed by atoms with Gasteiger partial charge in [0.05, 0.1) is 17.2 Å². The molecule has 1 aromatic rings. The fourth-order valence-corrected chi connectivity index (χ4v) is 5.86. The maximum atomic E-state index is 11.7. The van der Waals surface area contributed by atoms with Gasteiger partial charge in [-0.05, 0) is 72.3 Å². The van der Waals surface area contributed by atoms with Crippen LogP contribution in [-0.2, 0) is 0 Å². The molecule has 0 radical (unpaired) electrons. The number of methoxy groups -OCH3 is 1. The summed E-state index contributed by atoms with van der Waals surface area (Å²) in [5.74, 6) is 1.02. The molecular weight excluding hydrogens is 414 g/mol. The number of aliphatic hydroxyl groups is 1. The van der Waals surface area contributed by atoms with Crippen LogP contribution in [0.5, 0.6) is 5.75 Å². The zero-order valence-corrected chi connectivity index (χ0v) is 19.3. The first kappa shape index (κ1) is 22.1. The van der Waals surface area contributed by atoms with Crippen LogP contribution in [0.2, 0.25) is 0 Å². The first-order valence-electron chi connectivity index (χ1n) is 11.4. The maximum Gasteiger partial charge on any atom is 0.133 e. The molecule has 0 bridgehead atoms. The van der Waals surface area contributed by atoms with E-state index in [9.17, 15) is 5.11 Å². The topological polar surface area (TPSA) is 32.7 Å². The van der Waals surface area contributed by atoms with Crippen LogP contribution in [0, 0.1) is 0 Å². The van der Waals surface area contributed by atoms with Crippen molar-refractivity contribution in [3.63, 3.8) is 0 Å². The third kappa shape index (κ3) is 5.31. The van der Waals surface area contributed by atoms with E-state index in [2.05, 4.69) is 39.9 Å². The quantitative estimate of drug-likeness (QED) is 0.504. The highest BCUT2D eigenvalue weighted by molar-refractivity contribution is 9.10. The van der Waals surface area contributed by atoms with Crippen LogP contribution in [0.1, 0.15) is 89.0 Å². The Kier molecular flexibility index (Phi) is 8.25. The van der Waals surface area contributed by atoms with Gasteiger partial charge in [0, 0.05) is 18.5 Å². The van der Waals surface area contributed by atoms with Crippen LogP contribution in [0.3, 0.4) is 0 Å². The van der Waals surface area contributed by atoms with Gasteiger partial charge in [0.15, 0.2) is 0 Å². The van der Waals surface area contributed by atoms with Gasteiger partial charge in [-0.25, -0.2) is 0 Å². The molecule has 158 valence electrons. The molecule has 1 heterocycles. The Bertz CT molecular complexity index is 615. The fourth-order valence-electron chi connectivity index (χ4n) is 5.30. The molecule has 1 aromatic carbocycles. The van der Waals surface area contributed by atoms with E-state index >= 15 is 0 Å². The molecule has 2 atom stereocenters. The van der Waals surface area contributed by atoms with Crippen molar-refractivity contribution in [3.05, 3.63) is 28.2 Å². The number of halogens is 1. The van der Waals surface area contributed by atoms with Crippen LogP contribution < -0.4 is 4.74 Å². The lowest BCUT2D eigenvalue weighted by Crippen LogP contribution is -2.48. The van der Waals surface area contributed by atoms with Crippen molar-refractivity contribution in [1.29, 1.82) is 0 Å². The summed E-state index contributed by atoms with van der Waals surface area (Å²) in [6.45, 7) is 4.44. The van der Waals surface area contributed by atoms with Crippen molar-refractivity contribution in [2.75, 3.05) is 20.2 Å². The molecule has 1 aliphatic heterocycles. The molecule has 2 fully saturated rings. The summed E-state index contributed by atoms with van der Waals surface area (Å²) in [7, 11) is 1.71. The third-order valence-electron chi connectivity index (χ3n) is 7.00. The largest absolute Gasteiger partial charge is 0.496 e. The lowest BCUT2D eigenvalue weighted by Gasteiger charge is -2.45. The summed E-state index contributed by atoms with van der Waals surface area (Å²) >= 11 is 3.67. The summed E-state index contributed by atoms with van der Waals surface area (Å²) in [6.07, 6.45) is 13.2. The number of rotatable bonds is 8. The van der Waals surface area contributed by atoms with Crippen LogP contribution in [0.4, 0.5) is 0 Å². The summed E-state index contributed by atoms with van der Waals surface area (Å²) < 4.78 is 6.43. The number of nitrogens with zero attached hydrogens (tertiary/aromatic N) is 1. The van der Waals surface area contributed by atoms with Crippen LogP contribution in [0.25, 0.3) is 0 Å². The molecule has 3 nitrogen and oxygen atoms in total. The van der Waals surface area contributed by atoms with E-state index in [4.69, 9.17) is 4.74 Å². The number of benzene rings is 1. The average Bonchev–Trinajstić information content (AvgIpc) is 2.71. The second-order valence-corrected chi connectivity index (χ2v) is 9.75. The van der Waals surface area contributed by atoms with Gasteiger partial charge >= 0.3 is 0 Å². The highest BCUT2D eigenvalue weighted by Crippen LogP contribution is 2.43. The van der Waals surface area contributed by atoms with Crippen molar-refractivity contribution >= 4 is 15.9 Å². The number of likely N-dealkylation sites (tertiary alicyclic amines) is 1. The summed E-state index contributed by atoms with van der Waals surface area (Å²) in [5.41, 5.74) is 0.663. The second-order valence-electron chi connectivity index (χ2n) is 8.90. The van der Waals surface area contributed by atoms with Gasteiger partial charge < -0.3 is 9.84 Å². The van der Waals surface area contributed by atoms with Crippen molar-refractivity contribution in [2.24, 2.45) is 0 Å². The first-order valence-corrected chi connectivity index (χ1v) is 12.2. The van der Waals surface area contributed by atoms with Gasteiger partial charge in [0.2, 0.25) is 0 Å². The van der Waals surface area contributed by atoms with Gasteiger partial charge in [0.1, 0.15) is 5.75 Å². The molecule has 1 saturated carbocycles. The minimum Gasteiger partial charge on any atom is -0.496 e. The monoisotopic (exact) mass is 451 g/mol. The Morgan fingerprint density at radius 3 is 2.68 bits per heavy atom. The number of hydrogen-bond acceptors (Lipinski definition) is 3. The van der Waals surface area contributed by atoms with Crippen LogP contribution >= 0.6 is 15.9 Å². The molecule has 2 unspecified atom stereocenters. The van der Waals surface area contributed by atoms with Gasteiger partial charge in [-0.15, -0.1) is 0 Å². The summed E-state index contributed by atoms with van der Waals surface area (Å²) in [4.78, 5) is 2.70. The smallest absolute Gasteiger partial charge is 0.133 e. The van der Waals surface area contributed by atoms with Crippen molar-refractivity contribution < 1.29 is 9.84 Å². The molecule has 28 heavy (non-hydrogen) atoms. The first-order chi connectivity index (χ1) is 13.6. The highest BCUT2D eigenvalue weighted by atomic mass is 79.9. The molecule has 0 spiro atoms. The molecule has 0 aromatic heterocycles. The van der Waals surface area contributed by atoms with Crippen LogP contribution in [-0.4, -0.2) is 41.8 Å². The summed E-state index contributed by atoms with van der Waals surface area (Å²) in [6, 6.07) is 7.08. The zero-order valence-electron chi connectivity index (χ0n) is 17.8. The Balaban J connectivity index is 1.86. The van der Waals surface area contributed by atoms with Gasteiger partial charge in [-0.3, -0.25) is 4.90 Å². The summed E-state index contributed by atoms with van der Waals surface area (Å²) in [5, 5.41) is 11.7. The van der Waals surface area contributed by atoms with E-state index in [1.54, 1.807) is 7.11 Å². The van der Waals surface area contributed by atoms with E-state index < -0.39 is 5.60 Å². The number of unbranched alkanes of at least 4 members (excludes halogenated alkanes) is 1. The van der Waals surface area contributed by atoms with Crippen molar-refractivity contribution in [2.45, 2.75) is 95.1 Å². The third-order valence-corrected chi connectivity index (χ3v) is 7.62. The minimum atomic E-state index is -0.584. The molecule has 0 amide bonds. The molecule has 2 aliphatic rings. The number of ether oxygens (including phenoxy) is 1. The number of piperidine rings is 1. The Morgan fingerprint density at radius 2 is 2.00 bits per heavy atom. The van der Waals surface area contributed by atoms with Crippen LogP contribution in [0.15, 0.2) is 22.7 Å². The van der Waals surface area contributed by atoms with E-state index in [1.807, 2.05) is 6.07 Å². The zero-order chi connectivity index (χ0) is 20.0. The fraction of sp³-hybridized carbons (Fsp3) is 0.750. The molecule has 1 N–H and O–H groups in total. The molecule has 3 rings (SSSR count). The van der Waals surface area contributed by atoms with Crippen molar-refractivity contribution in [1.82, 2.24) is 4.90 Å². The SMILES string of the molecule is CCCCC1CCCCN1CC(c1ccc(OC)c(Br)c1)C1(O)CCCCC1. The standard InChI is InChI=1S/C24H38BrNO2/c1-3-4-10-20-11-6-9-16-26(20)18-21(24(27)14-7-5-8-15-24)19-12-13-23(28-2)22(25)17-19/h12-13,17,20-21,27H,3-11,14-16,18H2,1-2H3. The predicted molar refractivity (Wildman–Crippen MR) is 120 cm³/mol. The van der Waals surface area contributed by atoms with E-state index in [1.165, 1.54) is 57.1 Å². The average molecular weight is 452 g/mol. The number of hydrogen-bond donors (Lipinski definition) is 1. The lowest BCUT2D eigenvalue weighted by molar-refractivity contribution is -0.0372. The minimum absolute atomic E-state index is 0.164. The Morgan fingerprint density at radius 1 is 1.21 bits per heavy atom. The normalized spacial score (nSPS) is 24.1. The molecule has 1 saturated heterocycles. The Labute approximate surface area is 180 Å². The lowest BCUT2D eigenvalue weighted by atomic mass is 9.72. The van der Waals surface area contributed by atoms with Crippen molar-refractivity contribution in [3.8, 4) is 5.75 Å². The van der Waals surface area contributed by atoms with E-state index in [0.29, 0.717) is 6.04 Å². The van der Waals surface area contributed by atoms with Gasteiger partial charge in [-0.2, -0.15) is 0 Å². The van der Waals surface area contributed by atoms with E-state index in [-0.39, 0.29) is 5.92 Å². The molecule has 4 heteroatoms. The van der Waals surface area contributed by atoms with Gasteiger partial charge in [-0.1, -0.05) is 51.5 Å². The maximum absolute atomic E-state index is 11.7. The second kappa shape index (κ2) is 10.4. The predicted octanol–water partition coefficient (Wildman–Crippen LogP) is 6.28. The highest BCUT2D eigenvalue weighted by Gasteiger charge is 2.40. The molecular formula is C24H38BrNO2. The van der Waals surface area contributed by atoms with E-state index in [0.717, 1.165) is 42.5 Å². The molecule has 1 aliphatic carbocycles.